The molecule has 1 N–H and O–H groups in total. The number of hydrogen-bond acceptors (Lipinski definition) is 2. The molecular formula is C10H12N2O2. The first-order valence-electron chi connectivity index (χ1n) is 4.71. The van der Waals surface area contributed by atoms with E-state index in [1.165, 1.54) is 6.07 Å². The molecule has 1 saturated heterocycles. The first kappa shape index (κ1) is 8.99. The molecule has 0 unspecified atom stereocenters. The largest absolute Gasteiger partial charge is 0.338 e. The molecule has 1 aromatic rings. The van der Waals surface area contributed by atoms with Crippen LogP contribution in [0.3, 0.4) is 0 Å². The number of carbonyl (C=O) groups is 1. The van der Waals surface area contributed by atoms with Gasteiger partial charge in [0.05, 0.1) is 6.04 Å². The predicted molar refractivity (Wildman–Crippen MR) is 51.8 cm³/mol. The minimum Gasteiger partial charge on any atom is -0.338 e. The van der Waals surface area contributed by atoms with E-state index >= 15 is 0 Å². The zero-order valence-corrected chi connectivity index (χ0v) is 7.77. The number of nitrogens with zero attached hydrogens (tertiary/aromatic N) is 1. The molecule has 0 bridgehead atoms. The van der Waals surface area contributed by atoms with E-state index in [4.69, 9.17) is 0 Å². The van der Waals surface area contributed by atoms with Crippen LogP contribution < -0.4 is 5.56 Å². The van der Waals surface area contributed by atoms with Gasteiger partial charge < -0.3 is 9.88 Å². The third kappa shape index (κ3) is 1.55. The molecule has 74 valence electrons. The van der Waals surface area contributed by atoms with E-state index in [9.17, 15) is 9.59 Å². The Kier molecular flexibility index (Phi) is 2.35. The van der Waals surface area contributed by atoms with Crippen LogP contribution in [0.25, 0.3) is 0 Å². The molecule has 4 heteroatoms. The summed E-state index contributed by atoms with van der Waals surface area (Å²) in [6, 6.07) is 3.42. The number of carbonyl (C=O) groups excluding carboxylic acids is 1. The van der Waals surface area contributed by atoms with Crippen molar-refractivity contribution in [3.63, 3.8) is 0 Å². The maximum atomic E-state index is 10.8. The second-order valence-electron chi connectivity index (χ2n) is 3.49. The normalized spacial score (nSPS) is 21.1. The molecule has 0 spiro atoms. The molecule has 0 aliphatic carbocycles. The number of rotatable bonds is 2. The lowest BCUT2D eigenvalue weighted by atomic mass is 10.1. The van der Waals surface area contributed by atoms with Gasteiger partial charge in [-0.15, -0.1) is 0 Å². The molecule has 1 aliphatic rings. The Hall–Kier alpha value is -1.58. The lowest BCUT2D eigenvalue weighted by Gasteiger charge is -2.19. The predicted octanol–water partition coefficient (Wildman–Crippen LogP) is 0.668. The van der Waals surface area contributed by atoms with E-state index in [0.29, 0.717) is 0 Å². The van der Waals surface area contributed by atoms with Crippen molar-refractivity contribution in [1.82, 2.24) is 9.88 Å². The zero-order chi connectivity index (χ0) is 9.97. The van der Waals surface area contributed by atoms with Crippen LogP contribution in [0.5, 0.6) is 0 Å². The Morgan fingerprint density at radius 2 is 2.36 bits per heavy atom. The lowest BCUT2D eigenvalue weighted by molar-refractivity contribution is -0.118. The van der Waals surface area contributed by atoms with Crippen molar-refractivity contribution in [2.24, 2.45) is 0 Å². The topological polar surface area (TPSA) is 53.2 Å². The fourth-order valence-electron chi connectivity index (χ4n) is 1.90. The molecule has 1 aromatic heterocycles. The molecule has 0 aromatic carbocycles. The average molecular weight is 192 g/mol. The van der Waals surface area contributed by atoms with E-state index in [0.717, 1.165) is 31.4 Å². The van der Waals surface area contributed by atoms with Crippen LogP contribution >= 0.6 is 0 Å². The Morgan fingerprint density at radius 1 is 1.50 bits per heavy atom. The van der Waals surface area contributed by atoms with Gasteiger partial charge in [-0.1, -0.05) is 6.07 Å². The highest BCUT2D eigenvalue weighted by Crippen LogP contribution is 2.29. The highest BCUT2D eigenvalue weighted by molar-refractivity contribution is 5.49. The van der Waals surface area contributed by atoms with Crippen molar-refractivity contribution in [2.75, 3.05) is 6.54 Å². The standard InChI is InChI=1S/C10H12N2O2/c13-7-12-5-1-2-9(12)8-3-4-10(14)11-6-8/h3-4,6-7,9H,1-2,5H2,(H,11,14)/t9-/m1/s1. The van der Waals surface area contributed by atoms with Gasteiger partial charge in [0, 0.05) is 18.8 Å². The Balaban J connectivity index is 2.25. The second kappa shape index (κ2) is 3.65. The average Bonchev–Trinajstić information content (AvgIpc) is 2.67. The summed E-state index contributed by atoms with van der Waals surface area (Å²) in [5, 5.41) is 0. The van der Waals surface area contributed by atoms with Crippen LogP contribution in [-0.2, 0) is 4.79 Å². The Labute approximate surface area is 81.6 Å². The number of nitrogens with one attached hydrogen (secondary N) is 1. The minimum absolute atomic E-state index is 0.107. The molecule has 14 heavy (non-hydrogen) atoms. The molecular weight excluding hydrogens is 180 g/mol. The Bertz CT molecular complexity index is 365. The fourth-order valence-corrected chi connectivity index (χ4v) is 1.90. The maximum absolute atomic E-state index is 10.8. The second-order valence-corrected chi connectivity index (χ2v) is 3.49. The molecule has 1 amide bonds. The van der Waals surface area contributed by atoms with E-state index in [-0.39, 0.29) is 11.6 Å². The number of aromatic amines is 1. The molecule has 2 rings (SSSR count). The van der Waals surface area contributed by atoms with E-state index < -0.39 is 0 Å². The highest BCUT2D eigenvalue weighted by atomic mass is 16.1. The molecule has 0 radical (unpaired) electrons. The lowest BCUT2D eigenvalue weighted by Crippen LogP contribution is -2.21. The number of pyridine rings is 1. The molecule has 1 atom stereocenters. The van der Waals surface area contributed by atoms with Crippen LogP contribution in [0.15, 0.2) is 23.1 Å². The van der Waals surface area contributed by atoms with Crippen LogP contribution in [0, 0.1) is 0 Å². The first-order valence-corrected chi connectivity index (χ1v) is 4.71. The number of amides is 1. The van der Waals surface area contributed by atoms with Crippen LogP contribution in [0.1, 0.15) is 24.4 Å². The molecule has 4 nitrogen and oxygen atoms in total. The van der Waals surface area contributed by atoms with Crippen LogP contribution in [0.2, 0.25) is 0 Å². The SMILES string of the molecule is O=CN1CCC[C@@H]1c1ccc(=O)[nH]c1. The van der Waals surface area contributed by atoms with Crippen molar-refractivity contribution >= 4 is 6.41 Å². The van der Waals surface area contributed by atoms with E-state index in [2.05, 4.69) is 4.98 Å². The van der Waals surface area contributed by atoms with Gasteiger partial charge in [-0.2, -0.15) is 0 Å². The van der Waals surface area contributed by atoms with Crippen molar-refractivity contribution in [2.45, 2.75) is 18.9 Å². The van der Waals surface area contributed by atoms with Gasteiger partial charge in [0.15, 0.2) is 0 Å². The van der Waals surface area contributed by atoms with Crippen LogP contribution in [0.4, 0.5) is 0 Å². The third-order valence-corrected chi connectivity index (χ3v) is 2.62. The van der Waals surface area contributed by atoms with E-state index in [1.807, 2.05) is 0 Å². The highest BCUT2D eigenvalue weighted by Gasteiger charge is 2.24. The zero-order valence-electron chi connectivity index (χ0n) is 7.77. The van der Waals surface area contributed by atoms with Crippen molar-refractivity contribution in [3.05, 3.63) is 34.2 Å². The number of aromatic nitrogens is 1. The summed E-state index contributed by atoms with van der Waals surface area (Å²) in [5.74, 6) is 0. The van der Waals surface area contributed by atoms with Gasteiger partial charge in [-0.3, -0.25) is 9.59 Å². The monoisotopic (exact) mass is 192 g/mol. The summed E-state index contributed by atoms with van der Waals surface area (Å²) in [6.45, 7) is 0.813. The summed E-state index contributed by atoms with van der Waals surface area (Å²) in [6.07, 6.45) is 4.57. The Morgan fingerprint density at radius 3 is 3.00 bits per heavy atom. The van der Waals surface area contributed by atoms with Crippen LogP contribution in [-0.4, -0.2) is 22.8 Å². The van der Waals surface area contributed by atoms with Gasteiger partial charge in [0.1, 0.15) is 0 Å². The van der Waals surface area contributed by atoms with Gasteiger partial charge in [0.25, 0.3) is 0 Å². The molecule has 2 heterocycles. The van der Waals surface area contributed by atoms with Gasteiger partial charge in [-0.05, 0) is 18.4 Å². The number of H-pyrrole nitrogens is 1. The molecule has 1 aliphatic heterocycles. The summed E-state index contributed by atoms with van der Waals surface area (Å²) >= 11 is 0. The van der Waals surface area contributed by atoms with Crippen molar-refractivity contribution in [1.29, 1.82) is 0 Å². The quantitative estimate of drug-likeness (QED) is 0.700. The fraction of sp³-hybridized carbons (Fsp3) is 0.400. The molecule has 1 fully saturated rings. The van der Waals surface area contributed by atoms with Crippen molar-refractivity contribution < 1.29 is 4.79 Å². The van der Waals surface area contributed by atoms with Crippen molar-refractivity contribution in [3.8, 4) is 0 Å². The number of hydrogen-bond donors (Lipinski definition) is 1. The summed E-state index contributed by atoms with van der Waals surface area (Å²) < 4.78 is 0. The van der Waals surface area contributed by atoms with Gasteiger partial charge in [-0.25, -0.2) is 0 Å². The number of likely N-dealkylation sites (tertiary alicyclic amines) is 1. The smallest absolute Gasteiger partial charge is 0.247 e. The maximum Gasteiger partial charge on any atom is 0.247 e. The minimum atomic E-state index is -0.107. The first-order chi connectivity index (χ1) is 6.81. The van der Waals surface area contributed by atoms with Gasteiger partial charge >= 0.3 is 0 Å². The van der Waals surface area contributed by atoms with E-state index in [1.54, 1.807) is 17.2 Å². The summed E-state index contributed by atoms with van der Waals surface area (Å²) in [5.41, 5.74) is 0.901. The molecule has 0 saturated carbocycles. The third-order valence-electron chi connectivity index (χ3n) is 2.62. The van der Waals surface area contributed by atoms with Gasteiger partial charge in [0.2, 0.25) is 12.0 Å². The summed E-state index contributed by atoms with van der Waals surface area (Å²) in [4.78, 5) is 26.0. The summed E-state index contributed by atoms with van der Waals surface area (Å²) in [7, 11) is 0.